The van der Waals surface area contributed by atoms with Crippen LogP contribution in [0.15, 0.2) is 16.3 Å². The highest BCUT2D eigenvalue weighted by atomic mass is 15.0. The van der Waals surface area contributed by atoms with Crippen molar-refractivity contribution in [3.05, 3.63) is 11.3 Å². The van der Waals surface area contributed by atoms with Crippen LogP contribution in [0.1, 0.15) is 54.4 Å². The van der Waals surface area contributed by atoms with Gasteiger partial charge < -0.3 is 5.32 Å². The van der Waals surface area contributed by atoms with Crippen LogP contribution in [-0.2, 0) is 0 Å². The standard InChI is InChI=1S/C16H25N3/c1-11(13-14(2,3)7-8-18-13)12-9-15(4,5)16(6,10-17)19-12/h19H,7-9H2,1-6H3/b12-11+. The Morgan fingerprint density at radius 1 is 1.26 bits per heavy atom. The maximum atomic E-state index is 9.46. The summed E-state index contributed by atoms with van der Waals surface area (Å²) in [6, 6.07) is 2.44. The summed E-state index contributed by atoms with van der Waals surface area (Å²) in [6.45, 7) is 13.9. The molecule has 0 saturated carbocycles. The minimum Gasteiger partial charge on any atom is -0.370 e. The molecule has 3 heteroatoms. The van der Waals surface area contributed by atoms with Gasteiger partial charge in [-0.25, -0.2) is 0 Å². The molecule has 0 bridgehead atoms. The lowest BCUT2D eigenvalue weighted by Crippen LogP contribution is -2.44. The van der Waals surface area contributed by atoms with Crippen molar-refractivity contribution < 1.29 is 0 Å². The maximum Gasteiger partial charge on any atom is 0.127 e. The van der Waals surface area contributed by atoms with Crippen molar-refractivity contribution in [1.82, 2.24) is 5.32 Å². The first-order valence-electron chi connectivity index (χ1n) is 7.07. The number of aliphatic imine (C=N–C) groups is 1. The third-order valence-corrected chi connectivity index (χ3v) is 5.05. The minimum absolute atomic E-state index is 0.0539. The zero-order chi connectivity index (χ0) is 14.5. The van der Waals surface area contributed by atoms with Crippen molar-refractivity contribution in [1.29, 1.82) is 5.26 Å². The van der Waals surface area contributed by atoms with E-state index in [1.807, 2.05) is 6.92 Å². The number of nitriles is 1. The molecule has 0 aromatic carbocycles. The van der Waals surface area contributed by atoms with Gasteiger partial charge in [-0.15, -0.1) is 0 Å². The first-order valence-corrected chi connectivity index (χ1v) is 7.07. The van der Waals surface area contributed by atoms with Crippen molar-refractivity contribution in [2.24, 2.45) is 15.8 Å². The molecule has 2 aliphatic heterocycles. The number of allylic oxidation sites excluding steroid dienone is 2. The molecule has 19 heavy (non-hydrogen) atoms. The van der Waals surface area contributed by atoms with E-state index in [2.05, 4.69) is 46.0 Å². The summed E-state index contributed by atoms with van der Waals surface area (Å²) in [4.78, 5) is 4.69. The second-order valence-corrected chi connectivity index (χ2v) is 7.39. The Labute approximate surface area is 116 Å². The summed E-state index contributed by atoms with van der Waals surface area (Å²) >= 11 is 0. The molecule has 104 valence electrons. The number of rotatable bonds is 1. The SMILES string of the molecule is C/C(C1=NCCC1(C)C)=C1/CC(C)(C)C(C)(C#N)N1. The molecule has 2 heterocycles. The monoisotopic (exact) mass is 259 g/mol. The normalized spacial score (nSPS) is 34.5. The van der Waals surface area contributed by atoms with Crippen LogP contribution < -0.4 is 5.32 Å². The lowest BCUT2D eigenvalue weighted by atomic mass is 9.75. The molecule has 1 saturated heterocycles. The van der Waals surface area contributed by atoms with Crippen molar-refractivity contribution >= 4 is 5.71 Å². The predicted octanol–water partition coefficient (Wildman–Crippen LogP) is 3.43. The van der Waals surface area contributed by atoms with E-state index in [4.69, 9.17) is 4.99 Å². The van der Waals surface area contributed by atoms with Crippen LogP contribution in [0.25, 0.3) is 0 Å². The van der Waals surface area contributed by atoms with Gasteiger partial charge in [-0.3, -0.25) is 4.99 Å². The quantitative estimate of drug-likeness (QED) is 0.784. The van der Waals surface area contributed by atoms with E-state index in [9.17, 15) is 5.26 Å². The third-order valence-electron chi connectivity index (χ3n) is 5.05. The van der Waals surface area contributed by atoms with Gasteiger partial charge in [0.15, 0.2) is 0 Å². The summed E-state index contributed by atoms with van der Waals surface area (Å²) in [5.74, 6) is 0. The van der Waals surface area contributed by atoms with Crippen LogP contribution in [0.2, 0.25) is 0 Å². The second-order valence-electron chi connectivity index (χ2n) is 7.39. The van der Waals surface area contributed by atoms with E-state index in [1.54, 1.807) is 0 Å². The summed E-state index contributed by atoms with van der Waals surface area (Å²) in [5.41, 5.74) is 3.27. The summed E-state index contributed by atoms with van der Waals surface area (Å²) < 4.78 is 0. The van der Waals surface area contributed by atoms with E-state index >= 15 is 0 Å². The molecule has 0 aliphatic carbocycles. The first-order chi connectivity index (χ1) is 8.63. The van der Waals surface area contributed by atoms with Gasteiger partial charge in [0.25, 0.3) is 0 Å². The van der Waals surface area contributed by atoms with Gasteiger partial charge >= 0.3 is 0 Å². The Morgan fingerprint density at radius 3 is 2.32 bits per heavy atom. The fourth-order valence-electron chi connectivity index (χ4n) is 3.09. The Hall–Kier alpha value is -1.30. The first kappa shape index (κ1) is 14.1. The Kier molecular flexibility index (Phi) is 3.04. The van der Waals surface area contributed by atoms with E-state index in [-0.39, 0.29) is 10.8 Å². The average Bonchev–Trinajstić information content (AvgIpc) is 2.76. The van der Waals surface area contributed by atoms with Crippen LogP contribution in [0.5, 0.6) is 0 Å². The molecular weight excluding hydrogens is 234 g/mol. The molecule has 1 N–H and O–H groups in total. The molecule has 3 nitrogen and oxygen atoms in total. The Bertz CT molecular complexity index is 503. The molecule has 2 aliphatic rings. The number of hydrogen-bond acceptors (Lipinski definition) is 3. The van der Waals surface area contributed by atoms with Crippen molar-refractivity contribution in [3.8, 4) is 6.07 Å². The smallest absolute Gasteiger partial charge is 0.127 e. The second kappa shape index (κ2) is 4.10. The molecule has 1 atom stereocenters. The van der Waals surface area contributed by atoms with Crippen molar-refractivity contribution in [3.63, 3.8) is 0 Å². The van der Waals surface area contributed by atoms with Gasteiger partial charge in [-0.05, 0) is 32.3 Å². The maximum absolute atomic E-state index is 9.46. The highest BCUT2D eigenvalue weighted by Crippen LogP contribution is 2.45. The van der Waals surface area contributed by atoms with Gasteiger partial charge in [0, 0.05) is 28.8 Å². The van der Waals surface area contributed by atoms with Crippen LogP contribution in [0.4, 0.5) is 0 Å². The molecule has 0 amide bonds. The fourth-order valence-corrected chi connectivity index (χ4v) is 3.09. The van der Waals surface area contributed by atoms with Gasteiger partial charge in [0.2, 0.25) is 0 Å². The topological polar surface area (TPSA) is 48.2 Å². The molecule has 1 unspecified atom stereocenters. The minimum atomic E-state index is -0.493. The van der Waals surface area contributed by atoms with E-state index in [0.717, 1.165) is 19.4 Å². The van der Waals surface area contributed by atoms with Gasteiger partial charge in [0.1, 0.15) is 5.54 Å². The molecule has 0 aromatic rings. The van der Waals surface area contributed by atoms with Crippen LogP contribution in [0, 0.1) is 22.2 Å². The van der Waals surface area contributed by atoms with Crippen LogP contribution in [-0.4, -0.2) is 17.8 Å². The van der Waals surface area contributed by atoms with Crippen LogP contribution >= 0.6 is 0 Å². The summed E-state index contributed by atoms with van der Waals surface area (Å²) in [7, 11) is 0. The Balaban J connectivity index is 2.39. The molecule has 2 rings (SSSR count). The number of nitrogens with zero attached hydrogens (tertiary/aromatic N) is 2. The van der Waals surface area contributed by atoms with E-state index < -0.39 is 5.54 Å². The molecule has 0 spiro atoms. The van der Waals surface area contributed by atoms with E-state index in [1.165, 1.54) is 17.0 Å². The average molecular weight is 259 g/mol. The highest BCUT2D eigenvalue weighted by molar-refractivity contribution is 6.05. The van der Waals surface area contributed by atoms with Crippen LogP contribution in [0.3, 0.4) is 0 Å². The zero-order valence-corrected chi connectivity index (χ0v) is 13.0. The van der Waals surface area contributed by atoms with Gasteiger partial charge in [0.05, 0.1) is 6.07 Å². The predicted molar refractivity (Wildman–Crippen MR) is 79.0 cm³/mol. The largest absolute Gasteiger partial charge is 0.370 e. The van der Waals surface area contributed by atoms with Crippen molar-refractivity contribution in [2.45, 2.75) is 59.9 Å². The highest BCUT2D eigenvalue weighted by Gasteiger charge is 2.49. The summed E-state index contributed by atoms with van der Waals surface area (Å²) in [6.07, 6.45) is 2.03. The van der Waals surface area contributed by atoms with Gasteiger partial charge in [-0.1, -0.05) is 27.7 Å². The Morgan fingerprint density at radius 2 is 1.89 bits per heavy atom. The van der Waals surface area contributed by atoms with E-state index in [0.29, 0.717) is 0 Å². The molecular formula is C16H25N3. The van der Waals surface area contributed by atoms with Gasteiger partial charge in [-0.2, -0.15) is 5.26 Å². The lowest BCUT2D eigenvalue weighted by molar-refractivity contribution is 0.264. The lowest BCUT2D eigenvalue weighted by Gasteiger charge is -2.30. The molecule has 0 aromatic heterocycles. The number of nitrogens with one attached hydrogen (secondary N) is 1. The molecule has 0 radical (unpaired) electrons. The molecule has 1 fully saturated rings. The zero-order valence-electron chi connectivity index (χ0n) is 13.0. The summed E-state index contributed by atoms with van der Waals surface area (Å²) in [5, 5.41) is 12.9. The number of hydrogen-bond donors (Lipinski definition) is 1. The fraction of sp³-hybridized carbons (Fsp3) is 0.750. The third kappa shape index (κ3) is 2.08. The van der Waals surface area contributed by atoms with Crippen molar-refractivity contribution in [2.75, 3.05) is 6.54 Å².